The Morgan fingerprint density at radius 2 is 1.86 bits per heavy atom. The highest BCUT2D eigenvalue weighted by atomic mass is 16.2. The van der Waals surface area contributed by atoms with Crippen molar-refractivity contribution in [2.75, 3.05) is 42.9 Å². The number of amides is 3. The van der Waals surface area contributed by atoms with Crippen molar-refractivity contribution in [1.29, 1.82) is 0 Å². The third-order valence-electron chi connectivity index (χ3n) is 7.55. The lowest BCUT2D eigenvalue weighted by Crippen LogP contribution is -2.49. The molecule has 1 aliphatic carbocycles. The van der Waals surface area contributed by atoms with Crippen LogP contribution in [0.2, 0.25) is 0 Å². The van der Waals surface area contributed by atoms with Crippen LogP contribution in [0.15, 0.2) is 42.6 Å². The Morgan fingerprint density at radius 1 is 1.03 bits per heavy atom. The molecule has 1 aromatic heterocycles. The van der Waals surface area contributed by atoms with Gasteiger partial charge in [0.1, 0.15) is 0 Å². The van der Waals surface area contributed by atoms with E-state index in [0.29, 0.717) is 35.3 Å². The number of nitrogens with one attached hydrogen (secondary N) is 3. The second kappa shape index (κ2) is 11.2. The van der Waals surface area contributed by atoms with Gasteiger partial charge in [-0.3, -0.25) is 9.69 Å². The summed E-state index contributed by atoms with van der Waals surface area (Å²) in [5.74, 6) is 1.03. The molecule has 2 aliphatic heterocycles. The van der Waals surface area contributed by atoms with Crippen LogP contribution in [0.1, 0.15) is 55.3 Å². The Balaban J connectivity index is 1.22. The minimum absolute atomic E-state index is 0.244. The second-order valence-corrected chi connectivity index (χ2v) is 9.91. The Bertz CT molecular complexity index is 1040. The number of hydrogen-bond acceptors (Lipinski definition) is 5. The van der Waals surface area contributed by atoms with Gasteiger partial charge in [-0.15, -0.1) is 0 Å². The summed E-state index contributed by atoms with van der Waals surface area (Å²) in [6.07, 6.45) is 10.8. The molecule has 0 bridgehead atoms. The van der Waals surface area contributed by atoms with Gasteiger partial charge in [0, 0.05) is 31.9 Å². The minimum Gasteiger partial charge on any atom is -0.336 e. The zero-order valence-corrected chi connectivity index (χ0v) is 20.3. The molecule has 2 aromatic rings. The molecular formula is C27H36N6O2. The largest absolute Gasteiger partial charge is 0.336 e. The fourth-order valence-corrected chi connectivity index (χ4v) is 5.68. The fraction of sp³-hybridized carbons (Fsp3) is 0.519. The summed E-state index contributed by atoms with van der Waals surface area (Å²) in [6, 6.07) is 10.9. The van der Waals surface area contributed by atoms with Crippen LogP contribution in [-0.4, -0.2) is 60.6 Å². The molecule has 1 saturated heterocycles. The normalized spacial score (nSPS) is 20.6. The standard InChI is InChI=1S/C27H36N6O2/c34-26-22-11-3-4-13-24(22)33(25-23(31-26)12-7-14-29-25)27(35)30-15-17-32-16-6-5-10-21(32)19-28-18-20-8-1-2-9-20/h3-4,7,11-14,20-21,28H,1-2,5-6,8-10,15-19H2,(H,30,35)(H,31,34). The molecule has 3 amide bonds. The molecule has 3 N–H and O–H groups in total. The summed E-state index contributed by atoms with van der Waals surface area (Å²) in [7, 11) is 0. The van der Waals surface area contributed by atoms with E-state index in [1.807, 2.05) is 6.07 Å². The molecule has 8 heteroatoms. The van der Waals surface area contributed by atoms with Crippen LogP contribution in [-0.2, 0) is 0 Å². The van der Waals surface area contributed by atoms with Gasteiger partial charge in [0.25, 0.3) is 5.91 Å². The van der Waals surface area contributed by atoms with Crippen LogP contribution in [0, 0.1) is 5.92 Å². The number of carbonyl (C=O) groups excluding carboxylic acids is 2. The van der Waals surface area contributed by atoms with Gasteiger partial charge in [-0.25, -0.2) is 14.7 Å². The minimum atomic E-state index is -0.276. The van der Waals surface area contributed by atoms with Gasteiger partial charge in [0.15, 0.2) is 5.82 Å². The molecule has 1 saturated carbocycles. The Morgan fingerprint density at radius 3 is 2.74 bits per heavy atom. The molecule has 0 spiro atoms. The van der Waals surface area contributed by atoms with Crippen molar-refractivity contribution < 1.29 is 9.59 Å². The molecule has 0 radical (unpaired) electrons. The molecule has 1 atom stereocenters. The number of aromatic nitrogens is 1. The summed E-state index contributed by atoms with van der Waals surface area (Å²) in [5, 5.41) is 9.70. The molecule has 3 heterocycles. The monoisotopic (exact) mass is 476 g/mol. The van der Waals surface area contributed by atoms with Gasteiger partial charge in [0.2, 0.25) is 0 Å². The number of likely N-dealkylation sites (tertiary alicyclic amines) is 1. The van der Waals surface area contributed by atoms with Crippen molar-refractivity contribution >= 4 is 29.1 Å². The molecule has 3 aliphatic rings. The molecule has 1 unspecified atom stereocenters. The van der Waals surface area contributed by atoms with Crippen molar-refractivity contribution in [1.82, 2.24) is 20.5 Å². The van der Waals surface area contributed by atoms with Crippen molar-refractivity contribution in [3.63, 3.8) is 0 Å². The van der Waals surface area contributed by atoms with Crippen LogP contribution in [0.5, 0.6) is 0 Å². The summed E-state index contributed by atoms with van der Waals surface area (Å²) >= 11 is 0. The van der Waals surface area contributed by atoms with E-state index in [0.717, 1.165) is 32.1 Å². The maximum atomic E-state index is 13.4. The number of anilines is 3. The lowest BCUT2D eigenvalue weighted by atomic mass is 10.0. The first kappa shape index (κ1) is 23.8. The Kier molecular flexibility index (Phi) is 7.59. The number of nitrogens with zero attached hydrogens (tertiary/aromatic N) is 3. The summed E-state index contributed by atoms with van der Waals surface area (Å²) in [4.78, 5) is 34.6. The Hall–Kier alpha value is -2.97. The quantitative estimate of drug-likeness (QED) is 0.559. The van der Waals surface area contributed by atoms with E-state index in [9.17, 15) is 9.59 Å². The van der Waals surface area contributed by atoms with Crippen molar-refractivity contribution in [3.05, 3.63) is 48.2 Å². The number of pyridine rings is 1. The third kappa shape index (κ3) is 5.49. The summed E-state index contributed by atoms with van der Waals surface area (Å²) in [5.41, 5.74) is 1.50. The maximum absolute atomic E-state index is 13.4. The molecule has 2 fully saturated rings. The zero-order chi connectivity index (χ0) is 24.0. The molecule has 1 aromatic carbocycles. The zero-order valence-electron chi connectivity index (χ0n) is 20.3. The van der Waals surface area contributed by atoms with Gasteiger partial charge in [-0.1, -0.05) is 31.4 Å². The second-order valence-electron chi connectivity index (χ2n) is 9.91. The highest BCUT2D eigenvalue weighted by Crippen LogP contribution is 2.36. The van der Waals surface area contributed by atoms with Gasteiger partial charge >= 0.3 is 6.03 Å². The Labute approximate surface area is 207 Å². The van der Waals surface area contributed by atoms with Crippen LogP contribution in [0.3, 0.4) is 0 Å². The predicted octanol–water partition coefficient (Wildman–Crippen LogP) is 4.13. The molecule has 35 heavy (non-hydrogen) atoms. The summed E-state index contributed by atoms with van der Waals surface area (Å²) < 4.78 is 0. The number of hydrogen-bond donors (Lipinski definition) is 3. The van der Waals surface area contributed by atoms with Crippen molar-refractivity contribution in [2.45, 2.75) is 51.0 Å². The van der Waals surface area contributed by atoms with E-state index in [-0.39, 0.29) is 11.9 Å². The number of piperidine rings is 1. The molecule has 186 valence electrons. The van der Waals surface area contributed by atoms with Crippen LogP contribution in [0.4, 0.5) is 22.0 Å². The van der Waals surface area contributed by atoms with E-state index < -0.39 is 0 Å². The first-order chi connectivity index (χ1) is 17.2. The third-order valence-corrected chi connectivity index (χ3v) is 7.55. The number of urea groups is 1. The highest BCUT2D eigenvalue weighted by Gasteiger charge is 2.30. The number of rotatable bonds is 7. The van der Waals surface area contributed by atoms with E-state index >= 15 is 0 Å². The van der Waals surface area contributed by atoms with E-state index in [2.05, 4.69) is 25.8 Å². The van der Waals surface area contributed by atoms with Gasteiger partial charge in [0.05, 0.1) is 16.9 Å². The first-order valence-electron chi connectivity index (χ1n) is 13.1. The van der Waals surface area contributed by atoms with Gasteiger partial charge in [-0.05, 0) is 69.0 Å². The SMILES string of the molecule is O=C1Nc2cccnc2N(C(=O)NCCN2CCCCC2CNCC2CCCC2)c2ccccc21. The van der Waals surface area contributed by atoms with E-state index in [1.54, 1.807) is 36.5 Å². The highest BCUT2D eigenvalue weighted by molar-refractivity contribution is 6.16. The lowest BCUT2D eigenvalue weighted by Gasteiger charge is -2.36. The first-order valence-corrected chi connectivity index (χ1v) is 13.1. The van der Waals surface area contributed by atoms with E-state index in [1.165, 1.54) is 49.8 Å². The van der Waals surface area contributed by atoms with Crippen molar-refractivity contribution in [3.8, 4) is 0 Å². The fourth-order valence-electron chi connectivity index (χ4n) is 5.68. The summed E-state index contributed by atoms with van der Waals surface area (Å²) in [6.45, 7) is 4.58. The van der Waals surface area contributed by atoms with Crippen molar-refractivity contribution in [2.24, 2.45) is 5.92 Å². The maximum Gasteiger partial charge on any atom is 0.327 e. The number of para-hydroxylation sites is 1. The van der Waals surface area contributed by atoms with E-state index in [4.69, 9.17) is 0 Å². The average Bonchev–Trinajstić information content (AvgIpc) is 3.36. The predicted molar refractivity (Wildman–Crippen MR) is 138 cm³/mol. The van der Waals surface area contributed by atoms with Crippen LogP contribution < -0.4 is 20.9 Å². The molecular weight excluding hydrogens is 440 g/mol. The average molecular weight is 477 g/mol. The smallest absolute Gasteiger partial charge is 0.327 e. The molecule has 8 nitrogen and oxygen atoms in total. The lowest BCUT2D eigenvalue weighted by molar-refractivity contribution is 0.102. The number of carbonyl (C=O) groups is 2. The van der Waals surface area contributed by atoms with Crippen LogP contribution >= 0.6 is 0 Å². The molecule has 5 rings (SSSR count). The van der Waals surface area contributed by atoms with Crippen LogP contribution in [0.25, 0.3) is 0 Å². The topological polar surface area (TPSA) is 89.6 Å². The van der Waals surface area contributed by atoms with Gasteiger partial charge < -0.3 is 16.0 Å². The number of fused-ring (bicyclic) bond motifs is 2. The number of benzene rings is 1. The van der Waals surface area contributed by atoms with Gasteiger partial charge in [-0.2, -0.15) is 0 Å².